The van der Waals surface area contributed by atoms with Crippen LogP contribution in [-0.4, -0.2) is 33.4 Å². The van der Waals surface area contributed by atoms with Gasteiger partial charge in [0, 0.05) is 12.8 Å². The molecule has 0 fully saturated rings. The van der Waals surface area contributed by atoms with Crippen molar-refractivity contribution in [2.75, 3.05) is 0 Å². The molecule has 0 aromatic rings. The molecule has 1 unspecified atom stereocenters. The Morgan fingerprint density at radius 3 is 2.09 bits per heavy atom. The van der Waals surface area contributed by atoms with E-state index in [0.29, 0.717) is 11.6 Å². The fraction of sp³-hybridized carbons (Fsp3) is 0.882. The third-order valence-electron chi connectivity index (χ3n) is 4.68. The van der Waals surface area contributed by atoms with Crippen LogP contribution >= 0.6 is 0 Å². The van der Waals surface area contributed by atoms with Crippen LogP contribution < -0.4 is 0 Å². The van der Waals surface area contributed by atoms with E-state index in [1.807, 2.05) is 0 Å². The summed E-state index contributed by atoms with van der Waals surface area (Å²) < 4.78 is 5.94. The molecular weight excluding hydrogens is 324 g/mol. The van der Waals surface area contributed by atoms with Crippen molar-refractivity contribution in [1.29, 1.82) is 0 Å². The maximum Gasteiger partial charge on any atom is 0.303 e. The summed E-state index contributed by atoms with van der Waals surface area (Å²) in [5, 5.41) is 9.23. The summed E-state index contributed by atoms with van der Waals surface area (Å²) in [5.74, 6) is -1.06. The average Bonchev–Trinajstić information content (AvgIpc) is 2.41. The number of rotatable bonds is 12. The molecule has 0 aliphatic heterocycles. The second kappa shape index (κ2) is 10.3. The van der Waals surface area contributed by atoms with Crippen LogP contribution in [0.1, 0.15) is 58.8 Å². The van der Waals surface area contributed by atoms with E-state index in [1.54, 1.807) is 0 Å². The van der Waals surface area contributed by atoms with Crippen molar-refractivity contribution in [2.45, 2.75) is 96.2 Å². The fourth-order valence-corrected chi connectivity index (χ4v) is 16.2. The van der Waals surface area contributed by atoms with Crippen molar-refractivity contribution in [1.82, 2.24) is 0 Å². The van der Waals surface area contributed by atoms with Crippen molar-refractivity contribution < 1.29 is 19.1 Å². The molecule has 0 radical (unpaired) electrons. The van der Waals surface area contributed by atoms with Gasteiger partial charge in [0.2, 0.25) is 8.32 Å². The van der Waals surface area contributed by atoms with E-state index in [0.717, 1.165) is 12.8 Å². The van der Waals surface area contributed by atoms with E-state index in [1.165, 1.54) is 18.9 Å². The number of carbonyl (C=O) groups excluding carboxylic acids is 1. The van der Waals surface area contributed by atoms with Crippen molar-refractivity contribution in [3.05, 3.63) is 0 Å². The van der Waals surface area contributed by atoms with Gasteiger partial charge < -0.3 is 9.53 Å². The minimum atomic E-state index is -2.11. The quantitative estimate of drug-likeness (QED) is 0.485. The number of carboxylic acids is 1. The summed E-state index contributed by atoms with van der Waals surface area (Å²) in [4.78, 5) is 22.7. The first-order valence-corrected chi connectivity index (χ1v) is 15.3. The molecule has 1 N–H and O–H groups in total. The van der Waals surface area contributed by atoms with Gasteiger partial charge in [0.05, 0.1) is 8.07 Å². The molecule has 0 saturated carbocycles. The van der Waals surface area contributed by atoms with E-state index < -0.39 is 22.4 Å². The molecule has 0 aromatic heterocycles. The van der Waals surface area contributed by atoms with Gasteiger partial charge in [0.15, 0.2) is 0 Å². The van der Waals surface area contributed by atoms with E-state index in [2.05, 4.69) is 40.0 Å². The second-order valence-corrected chi connectivity index (χ2v) is 17.6. The van der Waals surface area contributed by atoms with Crippen LogP contribution in [0.5, 0.6) is 0 Å². The minimum absolute atomic E-state index is 0.0339. The maximum absolute atomic E-state index is 12.1. The maximum atomic E-state index is 12.1. The predicted octanol–water partition coefficient (Wildman–Crippen LogP) is 5.21. The molecule has 0 heterocycles. The van der Waals surface area contributed by atoms with Gasteiger partial charge in [-0.25, -0.2) is 0 Å². The van der Waals surface area contributed by atoms with E-state index in [9.17, 15) is 9.59 Å². The third kappa shape index (κ3) is 8.70. The summed E-state index contributed by atoms with van der Waals surface area (Å²) in [6.07, 6.45) is 5.37. The Bertz CT molecular complexity index is 381. The molecule has 0 aliphatic carbocycles. The van der Waals surface area contributed by atoms with Crippen molar-refractivity contribution in [3.8, 4) is 0 Å². The Morgan fingerprint density at radius 2 is 1.61 bits per heavy atom. The number of carbonyl (C=O) groups is 2. The van der Waals surface area contributed by atoms with Gasteiger partial charge in [-0.1, -0.05) is 58.7 Å². The molecule has 23 heavy (non-hydrogen) atoms. The Balaban J connectivity index is 4.85. The third-order valence-corrected chi connectivity index (χ3v) is 15.7. The summed E-state index contributed by atoms with van der Waals surface area (Å²) in [6.45, 7) is 13.7. The van der Waals surface area contributed by atoms with Crippen LogP contribution in [0.3, 0.4) is 0 Å². The van der Waals surface area contributed by atoms with Gasteiger partial charge in [-0.3, -0.25) is 9.59 Å². The number of hydrogen-bond acceptors (Lipinski definition) is 3. The molecular formula is C17H36O4Si2. The van der Waals surface area contributed by atoms with Crippen molar-refractivity contribution in [3.63, 3.8) is 0 Å². The molecule has 1 atom stereocenters. The zero-order valence-electron chi connectivity index (χ0n) is 15.9. The highest BCUT2D eigenvalue weighted by atomic mass is 28.4. The molecule has 0 bridgehead atoms. The van der Waals surface area contributed by atoms with Crippen LogP contribution in [0, 0.1) is 0 Å². The molecule has 136 valence electrons. The first kappa shape index (κ1) is 22.4. The van der Waals surface area contributed by atoms with E-state index in [4.69, 9.17) is 9.53 Å². The van der Waals surface area contributed by atoms with Gasteiger partial charge in [-0.05, 0) is 24.7 Å². The Kier molecular flexibility index (Phi) is 10.0. The lowest BCUT2D eigenvalue weighted by Crippen LogP contribution is -2.50. The first-order valence-electron chi connectivity index (χ1n) is 9.00. The monoisotopic (exact) mass is 360 g/mol. The minimum Gasteiger partial charge on any atom is -0.520 e. The van der Waals surface area contributed by atoms with Crippen LogP contribution in [-0.2, 0) is 14.0 Å². The Labute approximate surface area is 144 Å². The van der Waals surface area contributed by atoms with Gasteiger partial charge in [-0.2, -0.15) is 0 Å². The van der Waals surface area contributed by atoms with Crippen LogP contribution in [0.4, 0.5) is 0 Å². The smallest absolute Gasteiger partial charge is 0.303 e. The Morgan fingerprint density at radius 1 is 1.00 bits per heavy atom. The van der Waals surface area contributed by atoms with Crippen LogP contribution in [0.25, 0.3) is 0 Å². The highest BCUT2D eigenvalue weighted by Gasteiger charge is 2.45. The number of carboxylic acid groups (broad SMARTS) is 1. The molecule has 0 aliphatic rings. The highest BCUT2D eigenvalue weighted by Crippen LogP contribution is 2.40. The summed E-state index contributed by atoms with van der Waals surface area (Å²) in [7, 11) is -3.55. The predicted molar refractivity (Wildman–Crippen MR) is 101 cm³/mol. The molecule has 0 spiro atoms. The summed E-state index contributed by atoms with van der Waals surface area (Å²) in [6, 6.07) is 1.29. The van der Waals surface area contributed by atoms with Crippen molar-refractivity contribution in [2.24, 2.45) is 0 Å². The van der Waals surface area contributed by atoms with Crippen LogP contribution in [0.15, 0.2) is 0 Å². The molecule has 4 nitrogen and oxygen atoms in total. The number of hydrogen-bond donors (Lipinski definition) is 1. The standard InChI is InChI=1S/C17H36O4Si2/c1-7-9-14-22(3,4)17(11-8-2)23(5,6)21-16(20)13-10-12-15(18)19/h17H,7-14H2,1-6H3,(H,18,19). The first-order chi connectivity index (χ1) is 10.6. The zero-order chi connectivity index (χ0) is 18.1. The molecule has 0 rings (SSSR count). The normalized spacial score (nSPS) is 13.7. The van der Waals surface area contributed by atoms with Gasteiger partial charge in [0.25, 0.3) is 5.97 Å². The Hall–Kier alpha value is -0.626. The molecule has 6 heteroatoms. The lowest BCUT2D eigenvalue weighted by atomic mass is 10.2. The molecule has 0 saturated heterocycles. The topological polar surface area (TPSA) is 63.6 Å². The van der Waals surface area contributed by atoms with E-state index in [-0.39, 0.29) is 18.8 Å². The fourth-order valence-electron chi connectivity index (χ4n) is 3.57. The highest BCUT2D eigenvalue weighted by molar-refractivity contribution is 6.95. The lowest BCUT2D eigenvalue weighted by Gasteiger charge is -2.41. The zero-order valence-corrected chi connectivity index (χ0v) is 17.9. The average molecular weight is 361 g/mol. The van der Waals surface area contributed by atoms with Crippen LogP contribution in [0.2, 0.25) is 37.4 Å². The van der Waals surface area contributed by atoms with Crippen molar-refractivity contribution >= 4 is 28.3 Å². The SMILES string of the molecule is CCCC[Si](C)(C)C(CCC)[Si](C)(C)OC(=O)CCCC(=O)O. The summed E-state index contributed by atoms with van der Waals surface area (Å²) >= 11 is 0. The second-order valence-electron chi connectivity index (χ2n) is 7.76. The largest absolute Gasteiger partial charge is 0.520 e. The lowest BCUT2D eigenvalue weighted by molar-refractivity contribution is -0.137. The number of aliphatic carboxylic acids is 1. The molecule has 0 amide bonds. The number of unbranched alkanes of at least 4 members (excludes halogenated alkanes) is 1. The van der Waals surface area contributed by atoms with Gasteiger partial charge >= 0.3 is 5.97 Å². The van der Waals surface area contributed by atoms with Gasteiger partial charge in [-0.15, -0.1) is 0 Å². The summed E-state index contributed by atoms with van der Waals surface area (Å²) in [5.41, 5.74) is 0. The molecule has 0 aromatic carbocycles. The van der Waals surface area contributed by atoms with Gasteiger partial charge in [0.1, 0.15) is 0 Å². The van der Waals surface area contributed by atoms with E-state index >= 15 is 0 Å².